The van der Waals surface area contributed by atoms with Crippen LogP contribution in [0.3, 0.4) is 0 Å². The lowest BCUT2D eigenvalue weighted by Crippen LogP contribution is -2.40. The average Bonchev–Trinajstić information content (AvgIpc) is 2.91. The number of rotatable bonds is 3. The highest BCUT2D eigenvalue weighted by atomic mass is 32.2. The fourth-order valence-electron chi connectivity index (χ4n) is 2.44. The van der Waals surface area contributed by atoms with E-state index in [0.717, 1.165) is 16.3 Å². The summed E-state index contributed by atoms with van der Waals surface area (Å²) in [5.74, 6) is 1.32. The molecular formula is C16H18N4O3S. The number of anilines is 1. The number of amides is 2. The second kappa shape index (κ2) is 6.27. The van der Waals surface area contributed by atoms with Crippen molar-refractivity contribution in [3.63, 3.8) is 0 Å². The summed E-state index contributed by atoms with van der Waals surface area (Å²) in [7, 11) is 0. The van der Waals surface area contributed by atoms with Crippen LogP contribution in [-0.2, 0) is 15.1 Å². The number of nitrogens with zero attached hydrogens (tertiary/aromatic N) is 2. The van der Waals surface area contributed by atoms with E-state index in [1.807, 2.05) is 18.2 Å². The Hall–Kier alpha value is -2.35. The Morgan fingerprint density at radius 2 is 2.21 bits per heavy atom. The largest absolute Gasteiger partial charge is 0.344 e. The van der Waals surface area contributed by atoms with E-state index >= 15 is 0 Å². The predicted octanol–water partition coefficient (Wildman–Crippen LogP) is 2.54. The van der Waals surface area contributed by atoms with E-state index in [1.165, 1.54) is 6.92 Å². The van der Waals surface area contributed by atoms with Crippen LogP contribution in [0.5, 0.6) is 0 Å². The maximum Gasteiger partial charge on any atom is 0.258 e. The van der Waals surface area contributed by atoms with Gasteiger partial charge in [0.1, 0.15) is 0 Å². The molecule has 1 aliphatic rings. The first-order chi connectivity index (χ1) is 11.3. The van der Waals surface area contributed by atoms with Crippen molar-refractivity contribution in [2.45, 2.75) is 37.6 Å². The van der Waals surface area contributed by atoms with Gasteiger partial charge < -0.3 is 15.2 Å². The van der Waals surface area contributed by atoms with E-state index < -0.39 is 5.54 Å². The Morgan fingerprint density at radius 1 is 1.42 bits per heavy atom. The van der Waals surface area contributed by atoms with Crippen LogP contribution in [0, 0.1) is 0 Å². The molecule has 0 aliphatic carbocycles. The predicted molar refractivity (Wildman–Crippen MR) is 90.5 cm³/mol. The van der Waals surface area contributed by atoms with Gasteiger partial charge in [-0.05, 0) is 32.0 Å². The van der Waals surface area contributed by atoms with Crippen molar-refractivity contribution in [2.24, 2.45) is 0 Å². The number of thioether (sulfide) groups is 1. The summed E-state index contributed by atoms with van der Waals surface area (Å²) < 4.78 is 5.34. The summed E-state index contributed by atoms with van der Waals surface area (Å²) in [5, 5.41) is 9.64. The van der Waals surface area contributed by atoms with Crippen molar-refractivity contribution in [2.75, 3.05) is 11.1 Å². The molecule has 2 heterocycles. The van der Waals surface area contributed by atoms with Crippen LogP contribution in [0.25, 0.3) is 11.5 Å². The summed E-state index contributed by atoms with van der Waals surface area (Å²) >= 11 is 1.64. The Kier molecular flexibility index (Phi) is 4.31. The molecular weight excluding hydrogens is 328 g/mol. The van der Waals surface area contributed by atoms with Gasteiger partial charge in [0.2, 0.25) is 11.8 Å². The van der Waals surface area contributed by atoms with Gasteiger partial charge in [0.05, 0.1) is 11.2 Å². The first kappa shape index (κ1) is 16.5. The van der Waals surface area contributed by atoms with Gasteiger partial charge in [0.25, 0.3) is 5.89 Å². The molecule has 0 spiro atoms. The molecule has 1 aromatic carbocycles. The van der Waals surface area contributed by atoms with Gasteiger partial charge in [0, 0.05) is 29.6 Å². The monoisotopic (exact) mass is 346 g/mol. The Balaban J connectivity index is 1.91. The third-order valence-electron chi connectivity index (χ3n) is 3.56. The van der Waals surface area contributed by atoms with Gasteiger partial charge in [0.15, 0.2) is 5.82 Å². The molecule has 0 fully saturated rings. The molecule has 8 heteroatoms. The summed E-state index contributed by atoms with van der Waals surface area (Å²) in [6.07, 6.45) is 0.490. The topological polar surface area (TPSA) is 97.1 Å². The maximum absolute atomic E-state index is 11.7. The zero-order valence-electron chi connectivity index (χ0n) is 13.7. The van der Waals surface area contributed by atoms with Crippen LogP contribution in [0.15, 0.2) is 27.6 Å². The first-order valence-electron chi connectivity index (χ1n) is 7.55. The smallest absolute Gasteiger partial charge is 0.258 e. The zero-order valence-corrected chi connectivity index (χ0v) is 14.5. The number of carbonyl (C=O) groups is 2. The van der Waals surface area contributed by atoms with Crippen molar-refractivity contribution in [1.29, 1.82) is 0 Å². The Bertz CT molecular complexity index is 800. The molecule has 7 nitrogen and oxygen atoms in total. The third-order valence-corrected chi connectivity index (χ3v) is 4.64. The summed E-state index contributed by atoms with van der Waals surface area (Å²) in [5.41, 5.74) is 0.735. The van der Waals surface area contributed by atoms with Crippen molar-refractivity contribution >= 4 is 29.3 Å². The van der Waals surface area contributed by atoms with E-state index in [2.05, 4.69) is 20.8 Å². The fraction of sp³-hybridized carbons (Fsp3) is 0.375. The van der Waals surface area contributed by atoms with Crippen molar-refractivity contribution < 1.29 is 14.1 Å². The second-order valence-electron chi connectivity index (χ2n) is 6.09. The highest BCUT2D eigenvalue weighted by molar-refractivity contribution is 7.99. The maximum atomic E-state index is 11.7. The van der Waals surface area contributed by atoms with E-state index in [-0.39, 0.29) is 11.8 Å². The highest BCUT2D eigenvalue weighted by Crippen LogP contribution is 2.34. The lowest BCUT2D eigenvalue weighted by molar-refractivity contribution is -0.120. The molecule has 0 radical (unpaired) electrons. The fourth-order valence-corrected chi connectivity index (χ4v) is 3.38. The number of benzene rings is 1. The Morgan fingerprint density at radius 3 is 2.96 bits per heavy atom. The normalized spacial score (nSPS) is 14.5. The quantitative estimate of drug-likeness (QED) is 0.886. The number of hydrogen-bond acceptors (Lipinski definition) is 6. The van der Waals surface area contributed by atoms with E-state index in [9.17, 15) is 9.59 Å². The molecule has 1 aromatic heterocycles. The third kappa shape index (κ3) is 3.43. The molecule has 0 saturated heterocycles. The Labute approximate surface area is 143 Å². The average molecular weight is 346 g/mol. The molecule has 0 atom stereocenters. The van der Waals surface area contributed by atoms with Gasteiger partial charge in [-0.3, -0.25) is 9.59 Å². The number of hydrogen-bond donors (Lipinski definition) is 2. The van der Waals surface area contributed by atoms with Crippen molar-refractivity contribution in [3.8, 4) is 11.5 Å². The van der Waals surface area contributed by atoms with Crippen LogP contribution in [0.1, 0.15) is 33.0 Å². The van der Waals surface area contributed by atoms with Gasteiger partial charge in [-0.2, -0.15) is 4.98 Å². The number of aromatic nitrogens is 2. The second-order valence-corrected chi connectivity index (χ2v) is 7.22. The van der Waals surface area contributed by atoms with Gasteiger partial charge >= 0.3 is 0 Å². The SMILES string of the molecule is CC(=O)NC(C)(C)c1noc(-c2ccc3c(c2)NC(=O)CCS3)n1. The molecule has 1 aliphatic heterocycles. The summed E-state index contributed by atoms with van der Waals surface area (Å²) in [6.45, 7) is 5.05. The van der Waals surface area contributed by atoms with E-state index in [4.69, 9.17) is 4.52 Å². The molecule has 3 rings (SSSR count). The molecule has 2 aromatic rings. The highest BCUT2D eigenvalue weighted by Gasteiger charge is 2.28. The van der Waals surface area contributed by atoms with Crippen LogP contribution in [-0.4, -0.2) is 27.7 Å². The van der Waals surface area contributed by atoms with Gasteiger partial charge in [-0.25, -0.2) is 0 Å². The zero-order chi connectivity index (χ0) is 17.3. The number of carbonyl (C=O) groups excluding carboxylic acids is 2. The van der Waals surface area contributed by atoms with E-state index in [1.54, 1.807) is 25.6 Å². The number of fused-ring (bicyclic) bond motifs is 1. The van der Waals surface area contributed by atoms with Crippen LogP contribution in [0.2, 0.25) is 0 Å². The lowest BCUT2D eigenvalue weighted by Gasteiger charge is -2.20. The van der Waals surface area contributed by atoms with E-state index in [0.29, 0.717) is 23.7 Å². The van der Waals surface area contributed by atoms with Crippen molar-refractivity contribution in [3.05, 3.63) is 24.0 Å². The minimum absolute atomic E-state index is 0.00332. The van der Waals surface area contributed by atoms with Gasteiger partial charge in [-0.15, -0.1) is 11.8 Å². The van der Waals surface area contributed by atoms with Crippen LogP contribution < -0.4 is 10.6 Å². The number of nitrogens with one attached hydrogen (secondary N) is 2. The first-order valence-corrected chi connectivity index (χ1v) is 8.54. The molecule has 2 amide bonds. The summed E-state index contributed by atoms with van der Waals surface area (Å²) in [6, 6.07) is 5.64. The molecule has 0 saturated carbocycles. The molecule has 24 heavy (non-hydrogen) atoms. The standard InChI is InChI=1S/C16H18N4O3S/c1-9(21)19-16(2,3)15-18-14(23-20-15)10-4-5-12-11(8-10)17-13(22)6-7-24-12/h4-5,8H,6-7H2,1-3H3,(H,17,22)(H,19,21). The minimum atomic E-state index is -0.733. The molecule has 2 N–H and O–H groups in total. The van der Waals surface area contributed by atoms with Gasteiger partial charge in [-0.1, -0.05) is 5.16 Å². The minimum Gasteiger partial charge on any atom is -0.344 e. The van der Waals surface area contributed by atoms with Crippen molar-refractivity contribution in [1.82, 2.24) is 15.5 Å². The molecule has 0 bridgehead atoms. The summed E-state index contributed by atoms with van der Waals surface area (Å²) in [4.78, 5) is 28.4. The molecule has 126 valence electrons. The van der Waals surface area contributed by atoms with Crippen LogP contribution in [0.4, 0.5) is 5.69 Å². The lowest BCUT2D eigenvalue weighted by atomic mass is 10.1. The molecule has 0 unspecified atom stereocenters. The van der Waals surface area contributed by atoms with Crippen LogP contribution >= 0.6 is 11.8 Å².